The molecule has 1 fully saturated rings. The number of carbonyl (C=O) groups is 4. The van der Waals surface area contributed by atoms with Gasteiger partial charge in [-0.15, -0.1) is 23.1 Å². The van der Waals surface area contributed by atoms with Crippen molar-refractivity contribution >= 4 is 57.7 Å². The molecular weight excluding hydrogens is 486 g/mol. The van der Waals surface area contributed by atoms with Crippen molar-refractivity contribution in [2.45, 2.75) is 38.0 Å². The largest absolute Gasteiger partial charge is 0.425 e. The van der Waals surface area contributed by atoms with Gasteiger partial charge in [-0.1, -0.05) is 24.7 Å². The number of esters is 2. The minimum atomic E-state index is -1.10. The van der Waals surface area contributed by atoms with E-state index >= 15 is 0 Å². The summed E-state index contributed by atoms with van der Waals surface area (Å²) in [5.41, 5.74) is 6.18. The third-order valence-corrected chi connectivity index (χ3v) is 6.73. The molecule has 34 heavy (non-hydrogen) atoms. The van der Waals surface area contributed by atoms with E-state index in [2.05, 4.69) is 22.0 Å². The average molecular weight is 510 g/mol. The second-order valence-electron chi connectivity index (χ2n) is 6.98. The zero-order valence-corrected chi connectivity index (χ0v) is 20.2. The number of oxime groups is 1. The SMILES string of the molecule is C=CC1=C(C(=O)OC(CC)OC(C)=O)N2C(=O)C(NC(=O)C(=NOC)c3csc(N)n3)[C@H]2SC1. The predicted molar refractivity (Wildman–Crippen MR) is 124 cm³/mol. The number of rotatable bonds is 9. The monoisotopic (exact) mass is 509 g/mol. The number of nitrogens with two attached hydrogens (primary N) is 1. The van der Waals surface area contributed by atoms with Crippen LogP contribution in [-0.4, -0.2) is 69.9 Å². The molecule has 0 bridgehead atoms. The summed E-state index contributed by atoms with van der Waals surface area (Å²) < 4.78 is 10.3. The molecule has 0 radical (unpaired) electrons. The minimum absolute atomic E-state index is 0.00194. The molecule has 0 aliphatic carbocycles. The molecule has 182 valence electrons. The van der Waals surface area contributed by atoms with Gasteiger partial charge in [-0.3, -0.25) is 19.3 Å². The maximum absolute atomic E-state index is 13.0. The number of allylic oxidation sites excluding steroid dienone is 1. The molecular formula is C20H23N5O7S2. The van der Waals surface area contributed by atoms with Crippen molar-refractivity contribution in [3.8, 4) is 0 Å². The molecule has 3 atom stereocenters. The number of nitrogen functional groups attached to an aromatic ring is 1. The number of amides is 2. The number of nitrogens with one attached hydrogen (secondary N) is 1. The Morgan fingerprint density at radius 3 is 2.74 bits per heavy atom. The number of ether oxygens (including phenoxy) is 2. The summed E-state index contributed by atoms with van der Waals surface area (Å²) in [5, 5.41) is 7.54. The Balaban J connectivity index is 1.77. The van der Waals surface area contributed by atoms with Crippen LogP contribution in [0.1, 0.15) is 26.0 Å². The molecule has 2 aliphatic heterocycles. The highest BCUT2D eigenvalue weighted by molar-refractivity contribution is 8.00. The summed E-state index contributed by atoms with van der Waals surface area (Å²) in [5.74, 6) is -2.29. The quantitative estimate of drug-likeness (QED) is 0.160. The van der Waals surface area contributed by atoms with Crippen LogP contribution >= 0.6 is 23.1 Å². The van der Waals surface area contributed by atoms with Gasteiger partial charge in [0.15, 0.2) is 10.8 Å². The number of hydrogen-bond donors (Lipinski definition) is 2. The van der Waals surface area contributed by atoms with Crippen molar-refractivity contribution in [1.82, 2.24) is 15.2 Å². The number of β-lactam (4-membered cyclic amide) rings is 1. The Morgan fingerprint density at radius 2 is 2.18 bits per heavy atom. The number of thiazole rings is 1. The first kappa shape index (κ1) is 25.2. The van der Waals surface area contributed by atoms with Crippen molar-refractivity contribution in [3.05, 3.63) is 35.0 Å². The molecule has 3 N–H and O–H groups in total. The maximum atomic E-state index is 13.0. The van der Waals surface area contributed by atoms with E-state index in [4.69, 9.17) is 20.0 Å². The summed E-state index contributed by atoms with van der Waals surface area (Å²) in [6.45, 7) is 6.58. The number of fused-ring (bicyclic) bond motifs is 1. The molecule has 1 aromatic heterocycles. The lowest BCUT2D eigenvalue weighted by Crippen LogP contribution is -2.71. The number of anilines is 1. The molecule has 1 aromatic rings. The van der Waals surface area contributed by atoms with Gasteiger partial charge in [-0.05, 0) is 5.57 Å². The summed E-state index contributed by atoms with van der Waals surface area (Å²) in [6, 6.07) is -0.930. The molecule has 2 unspecified atom stereocenters. The Labute approximate surface area is 203 Å². The number of thioether (sulfide) groups is 1. The van der Waals surface area contributed by atoms with Crippen molar-refractivity contribution in [3.63, 3.8) is 0 Å². The lowest BCUT2D eigenvalue weighted by Gasteiger charge is -2.49. The number of nitrogens with zero attached hydrogens (tertiary/aromatic N) is 3. The fraction of sp³-hybridized carbons (Fsp3) is 0.400. The Bertz CT molecular complexity index is 1080. The summed E-state index contributed by atoms with van der Waals surface area (Å²) in [4.78, 5) is 60.0. The fourth-order valence-electron chi connectivity index (χ4n) is 3.24. The molecule has 3 rings (SSSR count). The number of hydrogen-bond acceptors (Lipinski definition) is 12. The van der Waals surface area contributed by atoms with E-state index < -0.39 is 41.5 Å². The molecule has 3 heterocycles. The van der Waals surface area contributed by atoms with Gasteiger partial charge < -0.3 is 25.4 Å². The highest BCUT2D eigenvalue weighted by atomic mass is 32.2. The van der Waals surface area contributed by atoms with Crippen LogP contribution in [-0.2, 0) is 33.5 Å². The Morgan fingerprint density at radius 1 is 1.44 bits per heavy atom. The van der Waals surface area contributed by atoms with Crippen molar-refractivity contribution in [1.29, 1.82) is 0 Å². The van der Waals surface area contributed by atoms with Crippen molar-refractivity contribution in [2.24, 2.45) is 5.16 Å². The molecule has 0 saturated carbocycles. The first-order chi connectivity index (χ1) is 16.2. The molecule has 14 heteroatoms. The van der Waals surface area contributed by atoms with Gasteiger partial charge in [0.1, 0.15) is 29.9 Å². The average Bonchev–Trinajstić information content (AvgIpc) is 3.24. The van der Waals surface area contributed by atoms with Crippen LogP contribution in [0.25, 0.3) is 0 Å². The highest BCUT2D eigenvalue weighted by Gasteiger charge is 2.54. The zero-order valence-electron chi connectivity index (χ0n) is 18.6. The summed E-state index contributed by atoms with van der Waals surface area (Å²) in [7, 11) is 1.27. The van der Waals surface area contributed by atoms with Gasteiger partial charge in [0.25, 0.3) is 11.8 Å². The van der Waals surface area contributed by atoms with Crippen molar-refractivity contribution in [2.75, 3.05) is 18.6 Å². The standard InChI is InChI=1S/C20H23N5O7S2/c1-5-10-7-33-18-14(23-16(27)13(24-30-4)11-8-34-20(21)22-11)17(28)25(18)15(10)19(29)32-12(6-2)31-9(3)26/h5,8,12,14,18H,1,6-7H2,2-4H3,(H2,21,22)(H,23,27)/t12?,14?,18-/m1/s1. The first-order valence-corrected chi connectivity index (χ1v) is 12.0. The van der Waals surface area contributed by atoms with Crippen LogP contribution in [0.3, 0.4) is 0 Å². The van der Waals surface area contributed by atoms with E-state index in [9.17, 15) is 19.2 Å². The van der Waals surface area contributed by atoms with Gasteiger partial charge in [0.05, 0.1) is 0 Å². The maximum Gasteiger partial charge on any atom is 0.358 e. The van der Waals surface area contributed by atoms with E-state index in [0.717, 1.165) is 11.3 Å². The van der Waals surface area contributed by atoms with E-state index in [1.165, 1.54) is 42.2 Å². The van der Waals surface area contributed by atoms with Crippen molar-refractivity contribution < 1.29 is 33.5 Å². The van der Waals surface area contributed by atoms with Crippen LogP contribution in [0.15, 0.2) is 34.5 Å². The number of aromatic nitrogens is 1. The van der Waals surface area contributed by atoms with Crippen LogP contribution < -0.4 is 11.1 Å². The third-order valence-electron chi connectivity index (χ3n) is 4.76. The Kier molecular flexibility index (Phi) is 7.94. The van der Waals surface area contributed by atoms with Gasteiger partial charge in [-0.2, -0.15) is 0 Å². The van der Waals surface area contributed by atoms with Gasteiger partial charge >= 0.3 is 11.9 Å². The van der Waals surface area contributed by atoms with Gasteiger partial charge in [0, 0.05) is 24.5 Å². The van der Waals surface area contributed by atoms with Crippen LogP contribution in [0.5, 0.6) is 0 Å². The Hall–Kier alpha value is -3.39. The lowest BCUT2D eigenvalue weighted by atomic mass is 10.0. The molecule has 12 nitrogen and oxygen atoms in total. The lowest BCUT2D eigenvalue weighted by molar-refractivity contribution is -0.186. The van der Waals surface area contributed by atoms with E-state index in [1.807, 2.05) is 0 Å². The summed E-state index contributed by atoms with van der Waals surface area (Å²) >= 11 is 2.47. The second-order valence-corrected chi connectivity index (χ2v) is 8.98. The smallest absolute Gasteiger partial charge is 0.358 e. The predicted octanol–water partition coefficient (Wildman–Crippen LogP) is 0.758. The molecule has 0 aromatic carbocycles. The molecule has 2 aliphatic rings. The third kappa shape index (κ3) is 5.07. The molecule has 2 amide bonds. The van der Waals surface area contributed by atoms with E-state index in [1.54, 1.807) is 6.92 Å². The normalized spacial score (nSPS) is 20.6. The highest BCUT2D eigenvalue weighted by Crippen LogP contribution is 2.41. The van der Waals surface area contributed by atoms with E-state index in [0.29, 0.717) is 11.3 Å². The number of carbonyl (C=O) groups excluding carboxylic acids is 4. The van der Waals surface area contributed by atoms with Crippen LogP contribution in [0.2, 0.25) is 0 Å². The van der Waals surface area contributed by atoms with E-state index in [-0.39, 0.29) is 28.7 Å². The fourth-order valence-corrected chi connectivity index (χ4v) is 5.13. The molecule has 0 spiro atoms. The van der Waals surface area contributed by atoms with Gasteiger partial charge in [0.2, 0.25) is 6.29 Å². The summed E-state index contributed by atoms with van der Waals surface area (Å²) in [6.07, 6.45) is 0.596. The molecule has 1 saturated heterocycles. The van der Waals surface area contributed by atoms with Crippen LogP contribution in [0, 0.1) is 0 Å². The second kappa shape index (κ2) is 10.7. The minimum Gasteiger partial charge on any atom is -0.425 e. The topological polar surface area (TPSA) is 163 Å². The first-order valence-electron chi connectivity index (χ1n) is 10.0. The van der Waals surface area contributed by atoms with Gasteiger partial charge in [-0.25, -0.2) is 9.78 Å². The van der Waals surface area contributed by atoms with Crippen LogP contribution in [0.4, 0.5) is 5.13 Å². The zero-order chi connectivity index (χ0) is 25.0.